The van der Waals surface area contributed by atoms with Crippen molar-refractivity contribution in [3.05, 3.63) is 65.0 Å². The molecule has 4 atom stereocenters. The summed E-state index contributed by atoms with van der Waals surface area (Å²) in [4.78, 5) is 12.4. The molecule has 0 spiro atoms. The Kier molecular flexibility index (Phi) is 6.03. The predicted octanol–water partition coefficient (Wildman–Crippen LogP) is 7.06. The van der Waals surface area contributed by atoms with Crippen LogP contribution in [0.5, 0.6) is 5.75 Å². The molecule has 0 heterocycles. The summed E-state index contributed by atoms with van der Waals surface area (Å²) in [5.41, 5.74) is 2.13. The minimum absolute atomic E-state index is 0.268. The van der Waals surface area contributed by atoms with Gasteiger partial charge in [-0.05, 0) is 92.5 Å². The van der Waals surface area contributed by atoms with Gasteiger partial charge in [0.15, 0.2) is 0 Å². The van der Waals surface area contributed by atoms with Gasteiger partial charge in [-0.15, -0.1) is 0 Å². The highest BCUT2D eigenvalue weighted by Crippen LogP contribution is 2.48. The molecule has 0 amide bonds. The first-order valence-corrected chi connectivity index (χ1v) is 11.1. The van der Waals surface area contributed by atoms with Gasteiger partial charge >= 0.3 is 5.97 Å². The van der Waals surface area contributed by atoms with E-state index in [9.17, 15) is 9.18 Å². The summed E-state index contributed by atoms with van der Waals surface area (Å²) in [7, 11) is 0. The minimum Gasteiger partial charge on any atom is -0.423 e. The number of hydrogen-bond acceptors (Lipinski definition) is 2. The van der Waals surface area contributed by atoms with E-state index in [4.69, 9.17) is 4.74 Å². The van der Waals surface area contributed by atoms with Crippen molar-refractivity contribution in [3.63, 3.8) is 0 Å². The average Bonchev–Trinajstić information content (AvgIpc) is 2.74. The third kappa shape index (κ3) is 4.55. The lowest BCUT2D eigenvalue weighted by atomic mass is 9.63. The fourth-order valence-electron chi connectivity index (χ4n) is 5.40. The third-order valence-corrected chi connectivity index (χ3v) is 7.21. The zero-order valence-corrected chi connectivity index (χ0v) is 17.5. The number of ether oxygens (including phenoxy) is 1. The Morgan fingerprint density at radius 3 is 2.45 bits per heavy atom. The quantitative estimate of drug-likeness (QED) is 0.410. The van der Waals surface area contributed by atoms with Crippen LogP contribution in [-0.2, 0) is 0 Å². The number of fused-ring (bicyclic) bond motifs is 1. The van der Waals surface area contributed by atoms with E-state index in [1.54, 1.807) is 18.2 Å². The molecule has 3 heteroatoms. The maximum atomic E-state index is 14.9. The Labute approximate surface area is 173 Å². The number of halogens is 1. The lowest BCUT2D eigenvalue weighted by Crippen LogP contribution is -2.30. The Morgan fingerprint density at radius 1 is 1.00 bits per heavy atom. The molecule has 2 fully saturated rings. The Balaban J connectivity index is 1.42. The lowest BCUT2D eigenvalue weighted by Gasteiger charge is -2.42. The van der Waals surface area contributed by atoms with Gasteiger partial charge in [0.1, 0.15) is 11.6 Å². The van der Waals surface area contributed by atoms with Crippen LogP contribution < -0.4 is 4.74 Å². The Hall–Kier alpha value is -2.16. The number of esters is 1. The molecule has 2 aromatic rings. The van der Waals surface area contributed by atoms with Gasteiger partial charge < -0.3 is 4.74 Å². The van der Waals surface area contributed by atoms with Crippen molar-refractivity contribution in [3.8, 4) is 5.75 Å². The van der Waals surface area contributed by atoms with Gasteiger partial charge in [-0.3, -0.25) is 0 Å². The molecular formula is C26H31FO2. The summed E-state index contributed by atoms with van der Waals surface area (Å²) in [5.74, 6) is 2.43. The van der Waals surface area contributed by atoms with Crippen molar-refractivity contribution in [2.45, 2.75) is 64.7 Å². The molecule has 154 valence electrons. The molecule has 29 heavy (non-hydrogen) atoms. The Morgan fingerprint density at radius 2 is 1.72 bits per heavy atom. The Bertz CT molecular complexity index is 858. The molecule has 2 saturated carbocycles. The fourth-order valence-corrected chi connectivity index (χ4v) is 5.40. The molecule has 2 nitrogen and oxygen atoms in total. The summed E-state index contributed by atoms with van der Waals surface area (Å²) in [6.07, 6.45) is 8.63. The second-order valence-corrected chi connectivity index (χ2v) is 9.06. The van der Waals surface area contributed by atoms with Crippen LogP contribution in [0.4, 0.5) is 4.39 Å². The number of carbonyl (C=O) groups excluding carboxylic acids is 1. The molecule has 0 bridgehead atoms. The number of carbonyl (C=O) groups is 1. The van der Waals surface area contributed by atoms with E-state index in [-0.39, 0.29) is 17.3 Å². The van der Waals surface area contributed by atoms with E-state index >= 15 is 0 Å². The molecule has 4 rings (SSSR count). The number of hydrogen-bond donors (Lipinski definition) is 0. The van der Waals surface area contributed by atoms with Crippen molar-refractivity contribution < 1.29 is 13.9 Å². The first-order chi connectivity index (χ1) is 14.0. The fraction of sp³-hybridized carbons (Fsp3) is 0.500. The molecule has 2 aliphatic carbocycles. The van der Waals surface area contributed by atoms with Gasteiger partial charge in [-0.25, -0.2) is 9.18 Å². The molecule has 1 unspecified atom stereocenters. The van der Waals surface area contributed by atoms with E-state index in [2.05, 4.69) is 6.92 Å². The van der Waals surface area contributed by atoms with Crippen molar-refractivity contribution in [1.82, 2.24) is 0 Å². The summed E-state index contributed by atoms with van der Waals surface area (Å²) in [6.45, 7) is 4.28. The molecule has 0 aromatic heterocycles. The van der Waals surface area contributed by atoms with Gasteiger partial charge in [0.2, 0.25) is 0 Å². The van der Waals surface area contributed by atoms with Crippen LogP contribution in [-0.4, -0.2) is 5.97 Å². The molecule has 2 aromatic carbocycles. The van der Waals surface area contributed by atoms with Crippen molar-refractivity contribution >= 4 is 5.97 Å². The third-order valence-electron chi connectivity index (χ3n) is 7.21. The summed E-state index contributed by atoms with van der Waals surface area (Å²) >= 11 is 0. The monoisotopic (exact) mass is 394 g/mol. The van der Waals surface area contributed by atoms with Gasteiger partial charge in [0.25, 0.3) is 0 Å². The first-order valence-electron chi connectivity index (χ1n) is 11.1. The smallest absolute Gasteiger partial charge is 0.343 e. The average molecular weight is 395 g/mol. The highest BCUT2D eigenvalue weighted by atomic mass is 19.1. The van der Waals surface area contributed by atoms with Crippen LogP contribution >= 0.6 is 0 Å². The standard InChI is InChI=1S/C26H31FO2/c1-3-18-6-7-20-15-21(9-8-19(20)14-18)24-13-10-22(16-25(24)27)26(28)29-23-11-4-17(2)5-12-23/h4-5,10-13,16,18-21H,3,6-9,14-15H2,1-2H3/t18-,19-,20+,21?/m0/s1. The molecule has 0 N–H and O–H groups in total. The zero-order valence-electron chi connectivity index (χ0n) is 17.5. The van der Waals surface area contributed by atoms with Crippen molar-refractivity contribution in [2.75, 3.05) is 0 Å². The topological polar surface area (TPSA) is 26.3 Å². The second kappa shape index (κ2) is 8.69. The molecular weight excluding hydrogens is 363 g/mol. The van der Waals surface area contributed by atoms with E-state index < -0.39 is 5.97 Å². The predicted molar refractivity (Wildman–Crippen MR) is 114 cm³/mol. The van der Waals surface area contributed by atoms with E-state index in [1.807, 2.05) is 25.1 Å². The van der Waals surface area contributed by atoms with E-state index in [0.29, 0.717) is 5.75 Å². The summed E-state index contributed by atoms with van der Waals surface area (Å²) in [5, 5.41) is 0. The first kappa shape index (κ1) is 20.1. The van der Waals surface area contributed by atoms with Gasteiger partial charge in [-0.2, -0.15) is 0 Å². The minimum atomic E-state index is -0.513. The lowest BCUT2D eigenvalue weighted by molar-refractivity contribution is 0.0734. The van der Waals surface area contributed by atoms with Crippen molar-refractivity contribution in [1.29, 1.82) is 0 Å². The van der Waals surface area contributed by atoms with Crippen molar-refractivity contribution in [2.24, 2.45) is 17.8 Å². The second-order valence-electron chi connectivity index (χ2n) is 9.06. The van der Waals surface area contributed by atoms with Crippen LogP contribution in [0.3, 0.4) is 0 Å². The number of benzene rings is 2. The maximum absolute atomic E-state index is 14.9. The molecule has 0 saturated heterocycles. The SMILES string of the molecule is CC[C@H]1CC[C@@H]2CC(c3ccc(C(=O)Oc4ccc(C)cc4)cc3F)CC[C@H]2C1. The largest absolute Gasteiger partial charge is 0.423 e. The molecule has 2 aliphatic rings. The van der Waals surface area contributed by atoms with E-state index in [1.165, 1.54) is 38.2 Å². The van der Waals surface area contributed by atoms with Crippen LogP contribution in [0.15, 0.2) is 42.5 Å². The maximum Gasteiger partial charge on any atom is 0.343 e. The van der Waals surface area contributed by atoms with Crippen LogP contribution in [0.2, 0.25) is 0 Å². The van der Waals surface area contributed by atoms with E-state index in [0.717, 1.165) is 41.7 Å². The normalized spacial score (nSPS) is 26.6. The van der Waals surface area contributed by atoms with Crippen LogP contribution in [0, 0.1) is 30.5 Å². The van der Waals surface area contributed by atoms with Crippen LogP contribution in [0.25, 0.3) is 0 Å². The molecule has 0 aliphatic heterocycles. The summed E-state index contributed by atoms with van der Waals surface area (Å²) < 4.78 is 20.3. The number of rotatable bonds is 4. The van der Waals surface area contributed by atoms with Gasteiger partial charge in [0, 0.05) is 0 Å². The van der Waals surface area contributed by atoms with Gasteiger partial charge in [-0.1, -0.05) is 43.5 Å². The zero-order chi connectivity index (χ0) is 20.4. The molecule has 0 radical (unpaired) electrons. The van der Waals surface area contributed by atoms with Crippen LogP contribution in [0.1, 0.15) is 79.3 Å². The highest BCUT2D eigenvalue weighted by molar-refractivity contribution is 5.91. The summed E-state index contributed by atoms with van der Waals surface area (Å²) in [6, 6.07) is 12.2. The highest BCUT2D eigenvalue weighted by Gasteiger charge is 2.36. The number of aryl methyl sites for hydroxylation is 1. The van der Waals surface area contributed by atoms with Gasteiger partial charge in [0.05, 0.1) is 5.56 Å².